The van der Waals surface area contributed by atoms with Crippen LogP contribution >= 0.6 is 0 Å². The quantitative estimate of drug-likeness (QED) is 0.434. The zero-order valence-corrected chi connectivity index (χ0v) is 9.40. The smallest absolute Gasteiger partial charge is 0.102 e. The van der Waals surface area contributed by atoms with E-state index in [1.807, 2.05) is 0 Å². The van der Waals surface area contributed by atoms with Crippen molar-refractivity contribution in [2.75, 3.05) is 60.7 Å². The second kappa shape index (κ2) is 9.36. The minimum atomic E-state index is 0. The molecule has 0 amide bonds. The molecule has 5 nitrogen and oxygen atoms in total. The fraction of sp³-hybridized carbons (Fsp3) is 1.00. The molecule has 0 atom stereocenters. The molecule has 0 heterocycles. The van der Waals surface area contributed by atoms with E-state index < -0.39 is 0 Å². The Hall–Kier alpha value is -0.200. The van der Waals surface area contributed by atoms with Gasteiger partial charge in [0, 0.05) is 0 Å². The Morgan fingerprint density at radius 2 is 1.43 bits per heavy atom. The van der Waals surface area contributed by atoms with Crippen LogP contribution in [0.25, 0.3) is 0 Å². The minimum absolute atomic E-state index is 0. The Morgan fingerprint density at radius 1 is 0.929 bits per heavy atom. The summed E-state index contributed by atoms with van der Waals surface area (Å²) in [5, 5.41) is 8.41. The van der Waals surface area contributed by atoms with Crippen LogP contribution in [0.15, 0.2) is 0 Å². The first-order valence-electron chi connectivity index (χ1n) is 4.63. The largest absolute Gasteiger partial charge is 0.870 e. The predicted octanol–water partition coefficient (Wildman–Crippen LogP) is -0.459. The van der Waals surface area contributed by atoms with Gasteiger partial charge in [-0.15, -0.1) is 0 Å². The average Bonchev–Trinajstić information content (AvgIpc) is 2.01. The van der Waals surface area contributed by atoms with E-state index in [0.29, 0.717) is 19.8 Å². The highest BCUT2D eigenvalue weighted by atomic mass is 16.5. The van der Waals surface area contributed by atoms with Crippen LogP contribution in [0.1, 0.15) is 0 Å². The number of quaternary nitrogens is 1. The molecule has 0 aliphatic rings. The maximum Gasteiger partial charge on any atom is 0.102 e. The zero-order chi connectivity index (χ0) is 10.2. The van der Waals surface area contributed by atoms with Crippen LogP contribution in [-0.4, -0.2) is 75.8 Å². The summed E-state index contributed by atoms with van der Waals surface area (Å²) >= 11 is 0. The summed E-state index contributed by atoms with van der Waals surface area (Å²) in [6, 6.07) is 0. The summed E-state index contributed by atoms with van der Waals surface area (Å²) in [6.07, 6.45) is 0. The average molecular weight is 209 g/mol. The molecule has 0 aromatic carbocycles. The third-order valence-electron chi connectivity index (χ3n) is 1.51. The Labute approximate surface area is 86.1 Å². The fourth-order valence-electron chi connectivity index (χ4n) is 0.725. The van der Waals surface area contributed by atoms with Crippen molar-refractivity contribution in [2.45, 2.75) is 0 Å². The lowest BCUT2D eigenvalue weighted by atomic mass is 10.5. The van der Waals surface area contributed by atoms with Crippen molar-refractivity contribution in [3.8, 4) is 0 Å². The molecule has 0 saturated carbocycles. The molecule has 0 unspecified atom stereocenters. The fourth-order valence-corrected chi connectivity index (χ4v) is 0.725. The molecule has 88 valence electrons. The molecule has 0 bridgehead atoms. The van der Waals surface area contributed by atoms with Gasteiger partial charge in [-0.2, -0.15) is 0 Å². The van der Waals surface area contributed by atoms with Crippen molar-refractivity contribution < 1.29 is 24.5 Å². The second-order valence-corrected chi connectivity index (χ2v) is 3.96. The van der Waals surface area contributed by atoms with E-state index in [-0.39, 0.29) is 12.1 Å². The van der Waals surface area contributed by atoms with Crippen molar-refractivity contribution in [1.82, 2.24) is 0 Å². The molecule has 0 aliphatic heterocycles. The number of hydrogen-bond donors (Lipinski definition) is 1. The Morgan fingerprint density at radius 3 is 1.86 bits per heavy atom. The van der Waals surface area contributed by atoms with E-state index in [0.717, 1.165) is 17.6 Å². The number of hydrogen-bond acceptors (Lipinski definition) is 4. The van der Waals surface area contributed by atoms with Crippen LogP contribution in [0, 0.1) is 0 Å². The summed E-state index contributed by atoms with van der Waals surface area (Å²) in [6.45, 7) is 3.42. The molecular formula is C9H23NO4. The van der Waals surface area contributed by atoms with Crippen molar-refractivity contribution in [3.63, 3.8) is 0 Å². The summed E-state index contributed by atoms with van der Waals surface area (Å²) in [5.41, 5.74) is 0. The van der Waals surface area contributed by atoms with Gasteiger partial charge in [-0.1, -0.05) is 0 Å². The molecule has 0 radical (unpaired) electrons. The molecule has 0 rings (SSSR count). The lowest BCUT2D eigenvalue weighted by Gasteiger charge is -2.23. The molecule has 2 N–H and O–H groups in total. The first-order chi connectivity index (χ1) is 6.06. The SMILES string of the molecule is C[N+](C)(C)CCOCCOCCO.[OH-]. The monoisotopic (exact) mass is 209 g/mol. The predicted molar refractivity (Wildman–Crippen MR) is 53.6 cm³/mol. The van der Waals surface area contributed by atoms with E-state index in [1.54, 1.807) is 0 Å². The van der Waals surface area contributed by atoms with Gasteiger partial charge in [-0.25, -0.2) is 0 Å². The number of aliphatic hydroxyl groups is 1. The minimum Gasteiger partial charge on any atom is -0.870 e. The van der Waals surface area contributed by atoms with Crippen molar-refractivity contribution in [3.05, 3.63) is 0 Å². The van der Waals surface area contributed by atoms with E-state index in [2.05, 4.69) is 21.1 Å². The molecular weight excluding hydrogens is 186 g/mol. The van der Waals surface area contributed by atoms with Gasteiger partial charge in [-0.3, -0.25) is 0 Å². The summed E-state index contributed by atoms with van der Waals surface area (Å²) < 4.78 is 11.3. The molecule has 0 saturated heterocycles. The van der Waals surface area contributed by atoms with Gasteiger partial charge in [0.1, 0.15) is 6.54 Å². The van der Waals surface area contributed by atoms with Crippen molar-refractivity contribution in [1.29, 1.82) is 0 Å². The molecule has 0 spiro atoms. The molecule has 0 aromatic heterocycles. The molecule has 14 heavy (non-hydrogen) atoms. The molecule has 0 aliphatic carbocycles. The molecule has 0 fully saturated rings. The maximum atomic E-state index is 8.41. The highest BCUT2D eigenvalue weighted by Gasteiger charge is 2.05. The lowest BCUT2D eigenvalue weighted by molar-refractivity contribution is -0.870. The molecule has 0 aromatic rings. The van der Waals surface area contributed by atoms with Gasteiger partial charge < -0.3 is 24.5 Å². The Bertz CT molecular complexity index is 114. The van der Waals surface area contributed by atoms with Crippen LogP contribution in [0.5, 0.6) is 0 Å². The summed E-state index contributed by atoms with van der Waals surface area (Å²) in [7, 11) is 6.39. The van der Waals surface area contributed by atoms with Gasteiger partial charge in [0.2, 0.25) is 0 Å². The third-order valence-corrected chi connectivity index (χ3v) is 1.51. The maximum absolute atomic E-state index is 8.41. The standard InChI is InChI=1S/C9H22NO3.H2O/c1-10(2,3)4-6-12-8-9-13-7-5-11;/h11H,4-9H2,1-3H3;1H2/q+1;/p-1. The van der Waals surface area contributed by atoms with E-state index >= 15 is 0 Å². The zero-order valence-electron chi connectivity index (χ0n) is 9.40. The van der Waals surface area contributed by atoms with Crippen LogP contribution in [0.4, 0.5) is 0 Å². The van der Waals surface area contributed by atoms with E-state index in [1.165, 1.54) is 0 Å². The third kappa shape index (κ3) is 14.3. The first kappa shape index (κ1) is 16.2. The van der Waals surface area contributed by atoms with E-state index in [4.69, 9.17) is 14.6 Å². The van der Waals surface area contributed by atoms with Gasteiger partial charge in [-0.05, 0) is 0 Å². The van der Waals surface area contributed by atoms with Gasteiger partial charge in [0.05, 0.1) is 54.2 Å². The van der Waals surface area contributed by atoms with Crippen LogP contribution in [0.2, 0.25) is 0 Å². The number of likely N-dealkylation sites (N-methyl/N-ethyl adjacent to an activating group) is 1. The highest BCUT2D eigenvalue weighted by molar-refractivity contribution is 4.32. The van der Waals surface area contributed by atoms with Crippen LogP contribution < -0.4 is 0 Å². The second-order valence-electron chi connectivity index (χ2n) is 3.96. The van der Waals surface area contributed by atoms with Gasteiger partial charge in [0.25, 0.3) is 0 Å². The van der Waals surface area contributed by atoms with E-state index in [9.17, 15) is 0 Å². The highest BCUT2D eigenvalue weighted by Crippen LogP contribution is 1.89. The topological polar surface area (TPSA) is 68.7 Å². The first-order valence-corrected chi connectivity index (χ1v) is 4.63. The summed E-state index contributed by atoms with van der Waals surface area (Å²) in [5.74, 6) is 0. The van der Waals surface area contributed by atoms with Crippen LogP contribution in [-0.2, 0) is 9.47 Å². The summed E-state index contributed by atoms with van der Waals surface area (Å²) in [4.78, 5) is 0. The molecule has 5 heteroatoms. The number of aliphatic hydroxyl groups excluding tert-OH is 1. The lowest BCUT2D eigenvalue weighted by Crippen LogP contribution is -2.37. The van der Waals surface area contributed by atoms with Gasteiger partial charge in [0.15, 0.2) is 0 Å². The number of ether oxygens (including phenoxy) is 2. The number of nitrogens with zero attached hydrogens (tertiary/aromatic N) is 1. The van der Waals surface area contributed by atoms with Crippen LogP contribution in [0.3, 0.4) is 0 Å². The Kier molecular flexibility index (Phi) is 10.9. The van der Waals surface area contributed by atoms with Crippen molar-refractivity contribution in [2.24, 2.45) is 0 Å². The van der Waals surface area contributed by atoms with Gasteiger partial charge >= 0.3 is 0 Å². The normalized spacial score (nSPS) is 11.1. The Balaban J connectivity index is 0. The van der Waals surface area contributed by atoms with Crippen molar-refractivity contribution >= 4 is 0 Å². The number of rotatable bonds is 8.